The Kier molecular flexibility index (Phi) is 3.51. The van der Waals surface area contributed by atoms with Crippen molar-refractivity contribution in [3.8, 4) is 0 Å². The van der Waals surface area contributed by atoms with E-state index < -0.39 is 17.4 Å². The van der Waals surface area contributed by atoms with E-state index in [1.807, 2.05) is 0 Å². The van der Waals surface area contributed by atoms with Crippen molar-refractivity contribution < 1.29 is 14.0 Å². The van der Waals surface area contributed by atoms with E-state index in [1.54, 1.807) is 19.1 Å². The smallest absolute Gasteiger partial charge is 0.253 e. The normalized spacial score (nSPS) is 24.5. The van der Waals surface area contributed by atoms with Crippen molar-refractivity contribution in [1.82, 2.24) is 5.32 Å². The number of nitrogens with one attached hydrogen (secondary N) is 1. The zero-order valence-corrected chi connectivity index (χ0v) is 13.2. The van der Waals surface area contributed by atoms with Crippen LogP contribution in [0.2, 0.25) is 0 Å². The molecule has 1 N–H and O–H groups in total. The molecule has 1 saturated carbocycles. The van der Waals surface area contributed by atoms with Crippen LogP contribution in [0.25, 0.3) is 0 Å². The van der Waals surface area contributed by atoms with Crippen LogP contribution in [-0.2, 0) is 9.59 Å². The average molecular weight is 355 g/mol. The molecule has 1 heterocycles. The van der Waals surface area contributed by atoms with Crippen molar-refractivity contribution in [3.05, 3.63) is 28.5 Å². The Balaban J connectivity index is 2.10. The van der Waals surface area contributed by atoms with E-state index in [1.165, 1.54) is 11.0 Å². The van der Waals surface area contributed by atoms with Gasteiger partial charge in [-0.3, -0.25) is 14.5 Å². The number of benzene rings is 1. The van der Waals surface area contributed by atoms with E-state index >= 15 is 0 Å². The van der Waals surface area contributed by atoms with Crippen molar-refractivity contribution in [2.24, 2.45) is 0 Å². The first-order chi connectivity index (χ1) is 9.96. The summed E-state index contributed by atoms with van der Waals surface area (Å²) in [6, 6.07) is 3.81. The Morgan fingerprint density at radius 1 is 1.33 bits per heavy atom. The summed E-state index contributed by atoms with van der Waals surface area (Å²) in [4.78, 5) is 26.5. The summed E-state index contributed by atoms with van der Waals surface area (Å²) in [6.07, 6.45) is 3.03. The third-order valence-electron chi connectivity index (χ3n) is 4.39. The highest BCUT2D eigenvalue weighted by molar-refractivity contribution is 9.10. The van der Waals surface area contributed by atoms with Crippen LogP contribution in [-0.4, -0.2) is 23.4 Å². The van der Waals surface area contributed by atoms with E-state index in [-0.39, 0.29) is 17.5 Å². The lowest BCUT2D eigenvalue weighted by Gasteiger charge is -2.43. The average Bonchev–Trinajstić information content (AvgIpc) is 2.89. The molecule has 1 saturated heterocycles. The highest BCUT2D eigenvalue weighted by atomic mass is 79.9. The number of piperazine rings is 1. The molecule has 4 nitrogen and oxygen atoms in total. The van der Waals surface area contributed by atoms with Gasteiger partial charge in [-0.2, -0.15) is 0 Å². The Hall–Kier alpha value is -1.43. The fraction of sp³-hybridized carbons (Fsp3) is 0.467. The molecule has 1 aromatic rings. The van der Waals surface area contributed by atoms with Crippen molar-refractivity contribution in [3.63, 3.8) is 0 Å². The number of amides is 2. The summed E-state index contributed by atoms with van der Waals surface area (Å²) in [6.45, 7) is 1.62. The Morgan fingerprint density at radius 3 is 2.62 bits per heavy atom. The molecule has 1 aliphatic heterocycles. The van der Waals surface area contributed by atoms with E-state index in [0.29, 0.717) is 17.3 Å². The number of anilines is 1. The van der Waals surface area contributed by atoms with E-state index in [4.69, 9.17) is 0 Å². The van der Waals surface area contributed by atoms with Gasteiger partial charge in [0.1, 0.15) is 17.4 Å². The van der Waals surface area contributed by atoms with Gasteiger partial charge in [-0.05, 0) is 47.8 Å². The maximum atomic E-state index is 14.2. The van der Waals surface area contributed by atoms with Crippen LogP contribution in [0, 0.1) is 5.82 Å². The van der Waals surface area contributed by atoms with Crippen molar-refractivity contribution in [2.45, 2.75) is 44.2 Å². The van der Waals surface area contributed by atoms with Gasteiger partial charge in [-0.25, -0.2) is 4.39 Å². The molecule has 1 aliphatic carbocycles. The zero-order valence-electron chi connectivity index (χ0n) is 11.7. The van der Waals surface area contributed by atoms with E-state index in [9.17, 15) is 14.0 Å². The van der Waals surface area contributed by atoms with Gasteiger partial charge < -0.3 is 5.32 Å². The summed E-state index contributed by atoms with van der Waals surface area (Å²) in [5, 5.41) is 2.86. The first-order valence-electron chi connectivity index (χ1n) is 7.06. The number of carbonyl (C=O) groups excluding carboxylic acids is 2. The van der Waals surface area contributed by atoms with Gasteiger partial charge in [0.2, 0.25) is 5.91 Å². The topological polar surface area (TPSA) is 49.4 Å². The summed E-state index contributed by atoms with van der Waals surface area (Å²) < 4.78 is 14.7. The molecule has 6 heteroatoms. The van der Waals surface area contributed by atoms with Gasteiger partial charge in [0.25, 0.3) is 5.91 Å². The summed E-state index contributed by atoms with van der Waals surface area (Å²) >= 11 is 3.29. The maximum Gasteiger partial charge on any atom is 0.253 e. The molecule has 1 atom stereocenters. The van der Waals surface area contributed by atoms with Crippen LogP contribution in [0.4, 0.5) is 10.1 Å². The highest BCUT2D eigenvalue weighted by Crippen LogP contribution is 2.39. The highest BCUT2D eigenvalue weighted by Gasteiger charge is 2.52. The van der Waals surface area contributed by atoms with Crippen LogP contribution >= 0.6 is 15.9 Å². The fourth-order valence-electron chi connectivity index (χ4n) is 3.25. The number of nitrogens with zero attached hydrogens (tertiary/aromatic N) is 1. The molecule has 21 heavy (non-hydrogen) atoms. The summed E-state index contributed by atoms with van der Waals surface area (Å²) in [7, 11) is 0. The molecule has 0 radical (unpaired) electrons. The quantitative estimate of drug-likeness (QED) is 0.842. The molecule has 1 unspecified atom stereocenters. The lowest BCUT2D eigenvalue weighted by molar-refractivity contribution is -0.137. The number of rotatable bonds is 1. The largest absolute Gasteiger partial charge is 0.340 e. The minimum atomic E-state index is -0.856. The van der Waals surface area contributed by atoms with Gasteiger partial charge in [0, 0.05) is 4.47 Å². The third-order valence-corrected chi connectivity index (χ3v) is 5.03. The molecule has 0 bridgehead atoms. The minimum absolute atomic E-state index is 0.149. The predicted molar refractivity (Wildman–Crippen MR) is 80.4 cm³/mol. The fourth-order valence-corrected chi connectivity index (χ4v) is 3.78. The second-order valence-corrected chi connectivity index (χ2v) is 6.55. The number of para-hydroxylation sites is 1. The molecule has 3 rings (SSSR count). The molecule has 1 aromatic carbocycles. The molecule has 2 amide bonds. The summed E-state index contributed by atoms with van der Waals surface area (Å²) in [5.41, 5.74) is -0.707. The molecule has 2 fully saturated rings. The number of hydrogen-bond donors (Lipinski definition) is 1. The Morgan fingerprint density at radius 2 is 2.00 bits per heavy atom. The molecule has 112 valence electrons. The first kappa shape index (κ1) is 14.5. The van der Waals surface area contributed by atoms with Crippen LogP contribution < -0.4 is 10.2 Å². The summed E-state index contributed by atoms with van der Waals surface area (Å²) in [5.74, 6) is -0.947. The molecule has 2 aliphatic rings. The molecular formula is C15H16BrFN2O2. The zero-order chi connectivity index (χ0) is 15.2. The first-order valence-corrected chi connectivity index (χ1v) is 7.85. The minimum Gasteiger partial charge on any atom is -0.340 e. The predicted octanol–water partition coefficient (Wildman–Crippen LogP) is 2.75. The number of halogens is 2. The molecular weight excluding hydrogens is 339 g/mol. The second-order valence-electron chi connectivity index (χ2n) is 5.70. The van der Waals surface area contributed by atoms with Gasteiger partial charge in [0.15, 0.2) is 0 Å². The Bertz CT molecular complexity index is 593. The Labute approximate surface area is 130 Å². The van der Waals surface area contributed by atoms with Crippen LogP contribution in [0.15, 0.2) is 22.7 Å². The van der Waals surface area contributed by atoms with Crippen LogP contribution in [0.1, 0.15) is 32.6 Å². The lowest BCUT2D eigenvalue weighted by Crippen LogP contribution is -2.69. The van der Waals surface area contributed by atoms with Crippen molar-refractivity contribution in [2.75, 3.05) is 4.90 Å². The molecule has 1 spiro atoms. The SMILES string of the molecule is CC1C(=O)NC2(CCCC2)C(=O)N1c1c(F)cccc1Br. The van der Waals surface area contributed by atoms with Gasteiger partial charge in [-0.15, -0.1) is 0 Å². The molecule has 0 aromatic heterocycles. The van der Waals surface area contributed by atoms with Crippen molar-refractivity contribution >= 4 is 33.4 Å². The second kappa shape index (κ2) is 5.09. The van der Waals surface area contributed by atoms with Crippen LogP contribution in [0.3, 0.4) is 0 Å². The van der Waals surface area contributed by atoms with Gasteiger partial charge in [0.05, 0.1) is 5.69 Å². The third kappa shape index (κ3) is 2.16. The standard InChI is InChI=1S/C15H16BrFN2O2/c1-9-13(20)18-15(7-2-3-8-15)14(21)19(9)12-10(16)5-4-6-11(12)17/h4-6,9H,2-3,7-8H2,1H3,(H,18,20). The monoisotopic (exact) mass is 354 g/mol. The van der Waals surface area contributed by atoms with E-state index in [2.05, 4.69) is 21.2 Å². The van der Waals surface area contributed by atoms with Gasteiger partial charge in [-0.1, -0.05) is 18.9 Å². The van der Waals surface area contributed by atoms with Crippen LogP contribution in [0.5, 0.6) is 0 Å². The van der Waals surface area contributed by atoms with Crippen molar-refractivity contribution in [1.29, 1.82) is 0 Å². The lowest BCUT2D eigenvalue weighted by atomic mass is 9.90. The van der Waals surface area contributed by atoms with Gasteiger partial charge >= 0.3 is 0 Å². The number of carbonyl (C=O) groups is 2. The van der Waals surface area contributed by atoms with E-state index in [0.717, 1.165) is 12.8 Å². The maximum absolute atomic E-state index is 14.2. The number of hydrogen-bond acceptors (Lipinski definition) is 2.